The molecule has 2 aromatic rings. The first kappa shape index (κ1) is 12.5. The Morgan fingerprint density at radius 1 is 1.28 bits per heavy atom. The van der Waals surface area contributed by atoms with Crippen LogP contribution in [0.5, 0.6) is 5.75 Å². The van der Waals surface area contributed by atoms with Crippen molar-refractivity contribution in [2.45, 2.75) is 6.54 Å². The average Bonchev–Trinajstić information content (AvgIpc) is 2.73. The molecule has 0 atom stereocenters. The largest absolute Gasteiger partial charge is 0.494 e. The molecule has 6 heteroatoms. The summed E-state index contributed by atoms with van der Waals surface area (Å²) in [6, 6.07) is 3.73. The third-order valence-electron chi connectivity index (χ3n) is 2.66. The standard InChI is InChI=1S/C12H13F2N3O/c1-17-11(3-7(6-15)16-17)8-4-10(14)12(18-2)5-9(8)13/h3-5H,6,15H2,1-2H3. The van der Waals surface area contributed by atoms with Crippen molar-refractivity contribution in [3.63, 3.8) is 0 Å². The monoisotopic (exact) mass is 253 g/mol. The first-order valence-electron chi connectivity index (χ1n) is 5.33. The molecule has 0 bridgehead atoms. The zero-order valence-corrected chi connectivity index (χ0v) is 10.1. The Hall–Kier alpha value is -1.95. The fourth-order valence-corrected chi connectivity index (χ4v) is 1.76. The minimum absolute atomic E-state index is 0.127. The van der Waals surface area contributed by atoms with Gasteiger partial charge in [-0.2, -0.15) is 5.10 Å². The zero-order chi connectivity index (χ0) is 13.3. The van der Waals surface area contributed by atoms with E-state index in [1.54, 1.807) is 13.1 Å². The van der Waals surface area contributed by atoms with Crippen molar-refractivity contribution in [2.24, 2.45) is 12.8 Å². The molecule has 2 N–H and O–H groups in total. The Bertz CT molecular complexity index is 581. The van der Waals surface area contributed by atoms with Crippen molar-refractivity contribution in [1.82, 2.24) is 9.78 Å². The molecular weight excluding hydrogens is 240 g/mol. The highest BCUT2D eigenvalue weighted by Crippen LogP contribution is 2.29. The van der Waals surface area contributed by atoms with Gasteiger partial charge in [-0.25, -0.2) is 8.78 Å². The SMILES string of the molecule is COc1cc(F)c(-c2cc(CN)nn2C)cc1F. The number of ether oxygens (including phenoxy) is 1. The van der Waals surface area contributed by atoms with Gasteiger partial charge in [0.25, 0.3) is 0 Å². The van der Waals surface area contributed by atoms with E-state index in [2.05, 4.69) is 5.10 Å². The van der Waals surface area contributed by atoms with Gasteiger partial charge in [-0.15, -0.1) is 0 Å². The highest BCUT2D eigenvalue weighted by Gasteiger charge is 2.15. The van der Waals surface area contributed by atoms with Crippen molar-refractivity contribution in [3.05, 3.63) is 35.5 Å². The summed E-state index contributed by atoms with van der Waals surface area (Å²) in [6.07, 6.45) is 0. The molecule has 0 aliphatic carbocycles. The molecule has 1 aromatic heterocycles. The third kappa shape index (κ3) is 2.06. The van der Waals surface area contributed by atoms with Crippen molar-refractivity contribution in [2.75, 3.05) is 7.11 Å². The summed E-state index contributed by atoms with van der Waals surface area (Å²) >= 11 is 0. The number of nitrogens with zero attached hydrogens (tertiary/aromatic N) is 2. The van der Waals surface area contributed by atoms with Crippen LogP contribution in [0, 0.1) is 11.6 Å². The summed E-state index contributed by atoms with van der Waals surface area (Å²) in [5, 5.41) is 4.09. The van der Waals surface area contributed by atoms with E-state index in [1.165, 1.54) is 11.8 Å². The Morgan fingerprint density at radius 3 is 2.56 bits per heavy atom. The predicted octanol–water partition coefficient (Wildman–Crippen LogP) is 1.83. The average molecular weight is 253 g/mol. The lowest BCUT2D eigenvalue weighted by Gasteiger charge is -2.07. The van der Waals surface area contributed by atoms with E-state index in [-0.39, 0.29) is 17.9 Å². The lowest BCUT2D eigenvalue weighted by Crippen LogP contribution is -1.99. The van der Waals surface area contributed by atoms with Crippen LogP contribution in [0.25, 0.3) is 11.3 Å². The second-order valence-electron chi connectivity index (χ2n) is 3.82. The molecule has 0 unspecified atom stereocenters. The van der Waals surface area contributed by atoms with Gasteiger partial charge in [-0.05, 0) is 12.1 Å². The van der Waals surface area contributed by atoms with Crippen LogP contribution in [0.3, 0.4) is 0 Å². The van der Waals surface area contributed by atoms with Crippen molar-refractivity contribution >= 4 is 0 Å². The quantitative estimate of drug-likeness (QED) is 0.908. The molecule has 0 saturated carbocycles. The van der Waals surface area contributed by atoms with E-state index in [0.717, 1.165) is 12.1 Å². The van der Waals surface area contributed by atoms with Gasteiger partial charge in [-0.1, -0.05) is 0 Å². The molecule has 1 heterocycles. The lowest BCUT2D eigenvalue weighted by molar-refractivity contribution is 0.383. The van der Waals surface area contributed by atoms with E-state index in [4.69, 9.17) is 10.5 Å². The highest BCUT2D eigenvalue weighted by molar-refractivity contribution is 5.62. The topological polar surface area (TPSA) is 53.1 Å². The van der Waals surface area contributed by atoms with Gasteiger partial charge in [0.15, 0.2) is 11.6 Å². The van der Waals surface area contributed by atoms with Gasteiger partial charge in [0, 0.05) is 25.2 Å². The van der Waals surface area contributed by atoms with Gasteiger partial charge >= 0.3 is 0 Å². The van der Waals surface area contributed by atoms with E-state index in [0.29, 0.717) is 11.4 Å². The molecule has 0 aliphatic heterocycles. The van der Waals surface area contributed by atoms with Crippen LogP contribution in [-0.4, -0.2) is 16.9 Å². The predicted molar refractivity (Wildman–Crippen MR) is 63.0 cm³/mol. The molecule has 0 aliphatic rings. The van der Waals surface area contributed by atoms with Crippen LogP contribution in [0.15, 0.2) is 18.2 Å². The molecule has 0 amide bonds. The Labute approximate surface area is 103 Å². The van der Waals surface area contributed by atoms with Crippen molar-refractivity contribution in [1.29, 1.82) is 0 Å². The van der Waals surface area contributed by atoms with E-state index in [1.807, 2.05) is 0 Å². The molecule has 4 nitrogen and oxygen atoms in total. The maximum Gasteiger partial charge on any atom is 0.165 e. The molecule has 2 rings (SSSR count). The fraction of sp³-hybridized carbons (Fsp3) is 0.250. The number of halogens is 2. The summed E-state index contributed by atoms with van der Waals surface area (Å²) in [4.78, 5) is 0. The second kappa shape index (κ2) is 4.73. The van der Waals surface area contributed by atoms with Crippen molar-refractivity contribution in [3.8, 4) is 17.0 Å². The fourth-order valence-electron chi connectivity index (χ4n) is 1.76. The Balaban J connectivity index is 2.56. The molecule has 0 saturated heterocycles. The van der Waals surface area contributed by atoms with Gasteiger partial charge < -0.3 is 10.5 Å². The van der Waals surface area contributed by atoms with E-state index < -0.39 is 11.6 Å². The Kier molecular flexibility index (Phi) is 3.29. The zero-order valence-electron chi connectivity index (χ0n) is 10.1. The van der Waals surface area contributed by atoms with E-state index in [9.17, 15) is 8.78 Å². The minimum atomic E-state index is -0.621. The van der Waals surface area contributed by atoms with Gasteiger partial charge in [0.1, 0.15) is 5.82 Å². The van der Waals surface area contributed by atoms with Gasteiger partial charge in [0.2, 0.25) is 0 Å². The summed E-state index contributed by atoms with van der Waals surface area (Å²) in [6.45, 7) is 0.244. The number of nitrogens with two attached hydrogens (primary N) is 1. The van der Waals surface area contributed by atoms with E-state index >= 15 is 0 Å². The highest BCUT2D eigenvalue weighted by atomic mass is 19.1. The Morgan fingerprint density at radius 2 is 2.00 bits per heavy atom. The molecule has 0 fully saturated rings. The summed E-state index contributed by atoms with van der Waals surface area (Å²) < 4.78 is 33.6. The number of hydrogen-bond acceptors (Lipinski definition) is 3. The first-order chi connectivity index (χ1) is 8.56. The van der Waals surface area contributed by atoms with Crippen molar-refractivity contribution < 1.29 is 13.5 Å². The maximum atomic E-state index is 13.9. The molecule has 0 radical (unpaired) electrons. The van der Waals surface area contributed by atoms with Gasteiger partial charge in [-0.3, -0.25) is 4.68 Å². The maximum absolute atomic E-state index is 13.9. The summed E-state index contributed by atoms with van der Waals surface area (Å²) in [5.41, 5.74) is 6.67. The number of aryl methyl sites for hydroxylation is 1. The number of aromatic nitrogens is 2. The van der Waals surface area contributed by atoms with Gasteiger partial charge in [0.05, 0.1) is 18.5 Å². The van der Waals surface area contributed by atoms with Crippen LogP contribution in [-0.2, 0) is 13.6 Å². The van der Waals surface area contributed by atoms with Crippen LogP contribution in [0.2, 0.25) is 0 Å². The third-order valence-corrected chi connectivity index (χ3v) is 2.66. The normalized spacial score (nSPS) is 10.7. The number of methoxy groups -OCH3 is 1. The van der Waals surface area contributed by atoms with Crippen LogP contribution < -0.4 is 10.5 Å². The summed E-state index contributed by atoms with van der Waals surface area (Å²) in [5.74, 6) is -1.32. The molecule has 1 aromatic carbocycles. The smallest absolute Gasteiger partial charge is 0.165 e. The summed E-state index contributed by atoms with van der Waals surface area (Å²) in [7, 11) is 2.93. The van der Waals surface area contributed by atoms with Crippen LogP contribution >= 0.6 is 0 Å². The molecule has 18 heavy (non-hydrogen) atoms. The molecular formula is C12H13F2N3O. The lowest BCUT2D eigenvalue weighted by atomic mass is 10.1. The number of rotatable bonds is 3. The molecule has 0 spiro atoms. The minimum Gasteiger partial charge on any atom is -0.494 e. The number of benzene rings is 1. The molecule has 96 valence electrons. The first-order valence-corrected chi connectivity index (χ1v) is 5.33. The number of hydrogen-bond donors (Lipinski definition) is 1. The van der Waals surface area contributed by atoms with Crippen LogP contribution in [0.4, 0.5) is 8.78 Å². The second-order valence-corrected chi connectivity index (χ2v) is 3.82. The van der Waals surface area contributed by atoms with Crippen LogP contribution in [0.1, 0.15) is 5.69 Å².